The summed E-state index contributed by atoms with van der Waals surface area (Å²) >= 11 is 3.27. The molecule has 42 heavy (non-hydrogen) atoms. The van der Waals surface area contributed by atoms with Gasteiger partial charge in [-0.3, -0.25) is 4.79 Å². The van der Waals surface area contributed by atoms with Crippen LogP contribution in [0.15, 0.2) is 53.4 Å². The number of benzene rings is 2. The first-order valence-corrected chi connectivity index (χ1v) is 15.7. The third-order valence-corrected chi connectivity index (χ3v) is 8.71. The molecule has 3 aromatic rings. The summed E-state index contributed by atoms with van der Waals surface area (Å²) in [5, 5.41) is 0. The van der Waals surface area contributed by atoms with Gasteiger partial charge in [0.25, 0.3) is 5.91 Å². The van der Waals surface area contributed by atoms with Crippen LogP contribution < -0.4 is 29.3 Å². The molecule has 1 amide bonds. The lowest BCUT2D eigenvalue weighted by Crippen LogP contribution is -2.44. The molecular formula is C30H35N7O3S2. The molecule has 0 bridgehead atoms. The number of carbonyl (C=O) groups excluding carboxylic acids is 1. The van der Waals surface area contributed by atoms with Crippen molar-refractivity contribution in [2.45, 2.75) is 11.8 Å². The lowest BCUT2D eigenvalue weighted by Gasteiger charge is -2.34. The molecule has 2 aromatic carbocycles. The van der Waals surface area contributed by atoms with Crippen molar-refractivity contribution in [3.05, 3.63) is 59.8 Å². The maximum Gasteiger partial charge on any atom is 0.260 e. The van der Waals surface area contributed by atoms with E-state index in [1.165, 1.54) is 0 Å². The predicted octanol–water partition coefficient (Wildman–Crippen LogP) is 3.71. The van der Waals surface area contributed by atoms with Crippen molar-refractivity contribution in [1.29, 1.82) is 0 Å². The number of amides is 1. The molecule has 1 aromatic heterocycles. The maximum atomic E-state index is 13.7. The first-order valence-electron chi connectivity index (χ1n) is 13.7. The van der Waals surface area contributed by atoms with Crippen molar-refractivity contribution >= 4 is 47.1 Å². The van der Waals surface area contributed by atoms with Gasteiger partial charge in [0.1, 0.15) is 12.4 Å². The van der Waals surface area contributed by atoms with E-state index in [1.807, 2.05) is 71.9 Å². The number of carbonyl (C=O) groups is 1. The third-order valence-electron chi connectivity index (χ3n) is 6.88. The summed E-state index contributed by atoms with van der Waals surface area (Å²) in [6.45, 7) is 6.70. The van der Waals surface area contributed by atoms with Crippen LogP contribution in [0.2, 0.25) is 0 Å². The normalized spacial score (nSPS) is 14.9. The number of nitrogens with zero attached hydrogens (tertiary/aromatic N) is 6. The average Bonchev–Trinajstić information content (AvgIpc) is 3.02. The number of nitrogens with two attached hydrogens (primary N) is 1. The lowest BCUT2D eigenvalue weighted by molar-refractivity contribution is 0.0977. The Labute approximate surface area is 255 Å². The van der Waals surface area contributed by atoms with Gasteiger partial charge in [0, 0.05) is 56.1 Å². The quantitative estimate of drug-likeness (QED) is 0.301. The van der Waals surface area contributed by atoms with Gasteiger partial charge in [0.15, 0.2) is 6.61 Å². The van der Waals surface area contributed by atoms with Gasteiger partial charge in [-0.2, -0.15) is 4.98 Å². The molecule has 10 nitrogen and oxygen atoms in total. The van der Waals surface area contributed by atoms with E-state index < -0.39 is 0 Å². The van der Waals surface area contributed by atoms with Gasteiger partial charge in [-0.25, -0.2) is 9.29 Å². The zero-order valence-corrected chi connectivity index (χ0v) is 25.7. The second-order valence-electron chi connectivity index (χ2n) is 9.63. The van der Waals surface area contributed by atoms with E-state index in [0.717, 1.165) is 53.9 Å². The van der Waals surface area contributed by atoms with Gasteiger partial charge in [-0.1, -0.05) is 35.9 Å². The van der Waals surface area contributed by atoms with Gasteiger partial charge in [-0.15, -0.1) is 0 Å². The highest BCUT2D eigenvalue weighted by Crippen LogP contribution is 2.38. The minimum Gasteiger partial charge on any atom is -0.489 e. The molecule has 220 valence electrons. The summed E-state index contributed by atoms with van der Waals surface area (Å²) < 4.78 is 16.0. The van der Waals surface area contributed by atoms with Gasteiger partial charge in [0.2, 0.25) is 11.8 Å². The molecule has 2 aliphatic heterocycles. The average molecular weight is 606 g/mol. The number of piperazine rings is 1. The maximum absolute atomic E-state index is 13.7. The van der Waals surface area contributed by atoms with E-state index in [2.05, 4.69) is 37.1 Å². The van der Waals surface area contributed by atoms with Crippen LogP contribution >= 0.6 is 23.9 Å². The van der Waals surface area contributed by atoms with Crippen LogP contribution in [0.3, 0.4) is 0 Å². The third kappa shape index (κ3) is 7.04. The van der Waals surface area contributed by atoms with E-state index in [1.54, 1.807) is 23.9 Å². The second-order valence-corrected chi connectivity index (χ2v) is 11.7. The van der Waals surface area contributed by atoms with Crippen LogP contribution in [0.5, 0.6) is 11.6 Å². The van der Waals surface area contributed by atoms with Crippen LogP contribution in [0, 0.1) is 18.8 Å². The SMILES string of the molecule is CSN(C)c1ccccc1C(=O)N1CCOc2cc(SN3CCN(c4nc(C)cc(OCC#CCN)n4)CC3)ccc21. The molecular weight excluding hydrogens is 571 g/mol. The topological polar surface area (TPSA) is 100 Å². The van der Waals surface area contributed by atoms with Crippen molar-refractivity contribution in [2.75, 3.05) is 79.9 Å². The molecule has 5 rings (SSSR count). The van der Waals surface area contributed by atoms with Crippen LogP contribution in [0.25, 0.3) is 0 Å². The van der Waals surface area contributed by atoms with E-state index in [9.17, 15) is 4.79 Å². The number of anilines is 3. The molecule has 0 saturated carbocycles. The predicted molar refractivity (Wildman–Crippen MR) is 171 cm³/mol. The molecule has 2 N–H and O–H groups in total. The molecule has 2 aliphatic rings. The minimum atomic E-state index is -0.0250. The molecule has 0 atom stereocenters. The van der Waals surface area contributed by atoms with E-state index in [4.69, 9.17) is 15.2 Å². The fourth-order valence-electron chi connectivity index (χ4n) is 4.74. The van der Waals surface area contributed by atoms with Gasteiger partial charge in [0.05, 0.1) is 30.0 Å². The first-order chi connectivity index (χ1) is 20.5. The number of hydrogen-bond donors (Lipinski definition) is 1. The summed E-state index contributed by atoms with van der Waals surface area (Å²) in [5.41, 5.74) is 8.62. The largest absolute Gasteiger partial charge is 0.489 e. The van der Waals surface area contributed by atoms with Crippen molar-refractivity contribution < 1.29 is 14.3 Å². The minimum absolute atomic E-state index is 0.0250. The van der Waals surface area contributed by atoms with Gasteiger partial charge in [-0.05, 0) is 49.2 Å². The molecule has 12 heteroatoms. The zero-order valence-electron chi connectivity index (χ0n) is 24.1. The number of para-hydroxylation sites is 1. The molecule has 3 heterocycles. The molecule has 1 fully saturated rings. The number of ether oxygens (including phenoxy) is 2. The smallest absolute Gasteiger partial charge is 0.260 e. The summed E-state index contributed by atoms with van der Waals surface area (Å²) in [5.74, 6) is 7.53. The Morgan fingerprint density at radius 3 is 2.69 bits per heavy atom. The molecule has 1 saturated heterocycles. The van der Waals surface area contributed by atoms with Crippen LogP contribution in [-0.4, -0.2) is 86.0 Å². The Morgan fingerprint density at radius 2 is 1.90 bits per heavy atom. The zero-order chi connectivity index (χ0) is 29.5. The fourth-order valence-corrected chi connectivity index (χ4v) is 6.03. The Balaban J connectivity index is 1.22. The summed E-state index contributed by atoms with van der Waals surface area (Å²) in [6, 6.07) is 15.6. The van der Waals surface area contributed by atoms with Gasteiger partial charge >= 0.3 is 0 Å². The number of fused-ring (bicyclic) bond motifs is 1. The number of rotatable bonds is 8. The fraction of sp³-hybridized carbons (Fsp3) is 0.367. The highest BCUT2D eigenvalue weighted by molar-refractivity contribution is 7.99. The second kappa shape index (κ2) is 14.0. The van der Waals surface area contributed by atoms with Crippen LogP contribution in [0.1, 0.15) is 16.1 Å². The summed E-state index contributed by atoms with van der Waals surface area (Å²) in [4.78, 5) is 27.9. The van der Waals surface area contributed by atoms with Crippen LogP contribution in [0.4, 0.5) is 17.3 Å². The monoisotopic (exact) mass is 605 g/mol. The van der Waals surface area contributed by atoms with Crippen molar-refractivity contribution in [1.82, 2.24) is 14.3 Å². The van der Waals surface area contributed by atoms with E-state index >= 15 is 0 Å². The number of hydrogen-bond acceptors (Lipinski definition) is 11. The lowest BCUT2D eigenvalue weighted by atomic mass is 10.1. The van der Waals surface area contributed by atoms with E-state index in [-0.39, 0.29) is 12.5 Å². The first kappa shape index (κ1) is 29.8. The molecule has 0 unspecified atom stereocenters. The van der Waals surface area contributed by atoms with Crippen LogP contribution in [-0.2, 0) is 0 Å². The van der Waals surface area contributed by atoms with Crippen molar-refractivity contribution in [3.8, 4) is 23.5 Å². The molecule has 0 radical (unpaired) electrons. The van der Waals surface area contributed by atoms with Crippen molar-refractivity contribution in [3.63, 3.8) is 0 Å². The Kier molecular flexibility index (Phi) is 9.97. The van der Waals surface area contributed by atoms with E-state index in [0.29, 0.717) is 37.1 Å². The summed E-state index contributed by atoms with van der Waals surface area (Å²) in [7, 11) is 1.97. The Hall–Kier alpha value is -3.63. The van der Waals surface area contributed by atoms with Gasteiger partial charge < -0.3 is 29.3 Å². The Bertz CT molecular complexity index is 1470. The Morgan fingerprint density at radius 1 is 1.10 bits per heavy atom. The molecule has 0 spiro atoms. The summed E-state index contributed by atoms with van der Waals surface area (Å²) in [6.07, 6.45) is 1.99. The highest BCUT2D eigenvalue weighted by Gasteiger charge is 2.28. The molecule has 0 aliphatic carbocycles. The number of aromatic nitrogens is 2. The van der Waals surface area contributed by atoms with Crippen molar-refractivity contribution in [2.24, 2.45) is 5.73 Å². The standard InChI is InChI=1S/C30H35N7O3S2/c1-22-20-28(40-18-7-6-12-31)33-30(32-22)35-13-15-36(16-14-35)42-23-10-11-26-27(21-23)39-19-17-37(26)29(38)24-8-4-5-9-25(24)34(2)41-3/h4-5,8-11,20-21H,12-19,31H2,1-3H3. The number of aryl methyl sites for hydroxylation is 1. The highest BCUT2D eigenvalue weighted by atomic mass is 32.2.